The zero-order valence-corrected chi connectivity index (χ0v) is 16.7. The van der Waals surface area contributed by atoms with Crippen LogP contribution in [0.4, 0.5) is 0 Å². The minimum atomic E-state index is -0.557. The number of piperazine rings is 1. The van der Waals surface area contributed by atoms with Gasteiger partial charge >= 0.3 is 5.97 Å². The minimum Gasteiger partial charge on any atom is -0.452 e. The summed E-state index contributed by atoms with van der Waals surface area (Å²) in [6.07, 6.45) is 1.43. The van der Waals surface area contributed by atoms with Crippen LogP contribution in [-0.4, -0.2) is 64.7 Å². The Morgan fingerprint density at radius 1 is 0.933 bits per heavy atom. The van der Waals surface area contributed by atoms with Crippen molar-refractivity contribution < 1.29 is 14.3 Å². The fourth-order valence-corrected chi connectivity index (χ4v) is 3.56. The lowest BCUT2D eigenvalue weighted by Gasteiger charge is -2.34. The predicted molar refractivity (Wildman–Crippen MR) is 113 cm³/mol. The van der Waals surface area contributed by atoms with Crippen LogP contribution in [0.15, 0.2) is 66.9 Å². The molecular weight excluding hydrogens is 380 g/mol. The number of nitrogens with one attached hydrogen (secondary N) is 1. The second kappa shape index (κ2) is 9.37. The van der Waals surface area contributed by atoms with Gasteiger partial charge in [0.25, 0.3) is 5.91 Å². The molecule has 30 heavy (non-hydrogen) atoms. The van der Waals surface area contributed by atoms with Crippen LogP contribution in [0.3, 0.4) is 0 Å². The molecule has 0 unspecified atom stereocenters. The summed E-state index contributed by atoms with van der Waals surface area (Å²) in [6.45, 7) is 3.47. The van der Waals surface area contributed by atoms with Crippen LogP contribution in [0.1, 0.15) is 15.9 Å². The predicted octanol–water partition coefficient (Wildman–Crippen LogP) is 2.58. The van der Waals surface area contributed by atoms with Crippen molar-refractivity contribution in [1.82, 2.24) is 20.0 Å². The van der Waals surface area contributed by atoms with Gasteiger partial charge in [-0.25, -0.2) is 4.79 Å². The first-order valence-electron chi connectivity index (χ1n) is 10.0. The molecule has 0 spiro atoms. The van der Waals surface area contributed by atoms with Gasteiger partial charge in [0, 0.05) is 38.3 Å². The molecule has 0 saturated carbocycles. The highest BCUT2D eigenvalue weighted by Gasteiger charge is 2.23. The minimum absolute atomic E-state index is 0.174. The first kappa shape index (κ1) is 19.8. The van der Waals surface area contributed by atoms with Gasteiger partial charge in [0.1, 0.15) is 5.56 Å². The van der Waals surface area contributed by atoms with Gasteiger partial charge < -0.3 is 9.64 Å². The molecule has 1 aromatic heterocycles. The van der Waals surface area contributed by atoms with E-state index in [1.165, 1.54) is 11.8 Å². The topological polar surface area (TPSA) is 78.5 Å². The van der Waals surface area contributed by atoms with Crippen LogP contribution >= 0.6 is 0 Å². The van der Waals surface area contributed by atoms with E-state index < -0.39 is 5.97 Å². The molecule has 1 amide bonds. The van der Waals surface area contributed by atoms with Crippen LogP contribution < -0.4 is 0 Å². The van der Waals surface area contributed by atoms with Crippen LogP contribution in [0.5, 0.6) is 0 Å². The summed E-state index contributed by atoms with van der Waals surface area (Å²) >= 11 is 0. The zero-order valence-electron chi connectivity index (χ0n) is 16.7. The average molecular weight is 404 g/mol. The molecule has 2 aromatic carbocycles. The SMILES string of the molecule is O=C(OCC(=O)N1CCN(Cc2ccccc2)CC1)c1cn[nH]c1-c1ccccc1. The van der Waals surface area contributed by atoms with Crippen molar-refractivity contribution in [2.75, 3.05) is 32.8 Å². The Kier molecular flexibility index (Phi) is 6.20. The third kappa shape index (κ3) is 4.75. The van der Waals surface area contributed by atoms with Gasteiger partial charge in [-0.15, -0.1) is 0 Å². The van der Waals surface area contributed by atoms with Crippen molar-refractivity contribution in [2.24, 2.45) is 0 Å². The first-order valence-corrected chi connectivity index (χ1v) is 10.0. The summed E-state index contributed by atoms with van der Waals surface area (Å²) in [6, 6.07) is 19.7. The molecule has 1 fully saturated rings. The summed E-state index contributed by atoms with van der Waals surface area (Å²) in [5, 5.41) is 6.78. The van der Waals surface area contributed by atoms with E-state index in [1.54, 1.807) is 4.90 Å². The fraction of sp³-hybridized carbons (Fsp3) is 0.261. The molecule has 7 nitrogen and oxygen atoms in total. The highest BCUT2D eigenvalue weighted by molar-refractivity contribution is 5.97. The Balaban J connectivity index is 1.27. The van der Waals surface area contributed by atoms with Gasteiger partial charge in [0.05, 0.1) is 11.9 Å². The molecule has 1 N–H and O–H groups in total. The lowest BCUT2D eigenvalue weighted by molar-refractivity contribution is -0.136. The van der Waals surface area contributed by atoms with E-state index in [1.807, 2.05) is 48.5 Å². The second-order valence-corrected chi connectivity index (χ2v) is 7.24. The van der Waals surface area contributed by atoms with Crippen molar-refractivity contribution in [3.8, 4) is 11.3 Å². The first-order chi connectivity index (χ1) is 14.7. The van der Waals surface area contributed by atoms with Gasteiger partial charge in [-0.1, -0.05) is 60.7 Å². The number of carbonyl (C=O) groups is 2. The van der Waals surface area contributed by atoms with Gasteiger partial charge in [0.2, 0.25) is 0 Å². The summed E-state index contributed by atoms with van der Waals surface area (Å²) < 4.78 is 5.28. The number of benzene rings is 2. The number of hydrogen-bond acceptors (Lipinski definition) is 5. The number of ether oxygens (including phenoxy) is 1. The zero-order chi connectivity index (χ0) is 20.8. The highest BCUT2D eigenvalue weighted by atomic mass is 16.5. The molecule has 4 rings (SSSR count). The van der Waals surface area contributed by atoms with E-state index in [4.69, 9.17) is 4.74 Å². The lowest BCUT2D eigenvalue weighted by Crippen LogP contribution is -2.49. The van der Waals surface area contributed by atoms with Gasteiger partial charge in [0.15, 0.2) is 6.61 Å². The molecule has 3 aromatic rings. The number of esters is 1. The number of aromatic amines is 1. The third-order valence-electron chi connectivity index (χ3n) is 5.22. The summed E-state index contributed by atoms with van der Waals surface area (Å²) in [4.78, 5) is 29.1. The summed E-state index contributed by atoms with van der Waals surface area (Å²) in [7, 11) is 0. The number of hydrogen-bond donors (Lipinski definition) is 1. The number of rotatable bonds is 6. The molecular formula is C23H24N4O3. The number of aromatic nitrogens is 2. The van der Waals surface area contributed by atoms with Crippen LogP contribution in [0.2, 0.25) is 0 Å². The molecule has 1 aliphatic rings. The van der Waals surface area contributed by atoms with Crippen molar-refractivity contribution in [2.45, 2.75) is 6.54 Å². The van der Waals surface area contributed by atoms with Crippen LogP contribution in [0.25, 0.3) is 11.3 Å². The molecule has 0 bridgehead atoms. The molecule has 0 atom stereocenters. The molecule has 1 aliphatic heterocycles. The van der Waals surface area contributed by atoms with E-state index in [9.17, 15) is 9.59 Å². The quantitative estimate of drug-likeness (QED) is 0.639. The number of amides is 1. The Labute approximate surface area is 175 Å². The van der Waals surface area contributed by atoms with Gasteiger partial charge in [-0.05, 0) is 5.56 Å². The Bertz CT molecular complexity index is 980. The largest absolute Gasteiger partial charge is 0.452 e. The molecule has 0 radical (unpaired) electrons. The molecule has 7 heteroatoms. The Hall–Kier alpha value is -3.45. The summed E-state index contributed by atoms with van der Waals surface area (Å²) in [5.74, 6) is -0.730. The molecule has 2 heterocycles. The van der Waals surface area contributed by atoms with E-state index in [-0.39, 0.29) is 12.5 Å². The van der Waals surface area contributed by atoms with E-state index >= 15 is 0 Å². The Morgan fingerprint density at radius 3 is 2.30 bits per heavy atom. The maximum atomic E-state index is 12.5. The highest BCUT2D eigenvalue weighted by Crippen LogP contribution is 2.21. The number of nitrogens with zero attached hydrogens (tertiary/aromatic N) is 3. The van der Waals surface area contributed by atoms with Crippen molar-refractivity contribution in [3.63, 3.8) is 0 Å². The van der Waals surface area contributed by atoms with Crippen LogP contribution in [-0.2, 0) is 16.1 Å². The number of carbonyl (C=O) groups excluding carboxylic acids is 2. The van der Waals surface area contributed by atoms with Crippen molar-refractivity contribution in [1.29, 1.82) is 0 Å². The third-order valence-corrected chi connectivity index (χ3v) is 5.22. The van der Waals surface area contributed by atoms with Gasteiger partial charge in [-0.3, -0.25) is 14.8 Å². The fourth-order valence-electron chi connectivity index (χ4n) is 3.56. The maximum absolute atomic E-state index is 12.5. The van der Waals surface area contributed by atoms with Crippen LogP contribution in [0, 0.1) is 0 Å². The van der Waals surface area contributed by atoms with E-state index in [0.29, 0.717) is 24.3 Å². The van der Waals surface area contributed by atoms with E-state index in [0.717, 1.165) is 25.2 Å². The standard InChI is InChI=1S/C23H24N4O3/c28-21(27-13-11-26(12-14-27)16-18-7-3-1-4-8-18)17-30-23(29)20-15-24-25-22(20)19-9-5-2-6-10-19/h1-10,15H,11-14,16-17H2,(H,24,25). The molecule has 1 saturated heterocycles. The molecule has 0 aliphatic carbocycles. The van der Waals surface area contributed by atoms with Crippen molar-refractivity contribution >= 4 is 11.9 Å². The smallest absolute Gasteiger partial charge is 0.342 e. The van der Waals surface area contributed by atoms with E-state index in [2.05, 4.69) is 27.2 Å². The lowest BCUT2D eigenvalue weighted by atomic mass is 10.1. The van der Waals surface area contributed by atoms with Gasteiger partial charge in [-0.2, -0.15) is 5.10 Å². The summed E-state index contributed by atoms with van der Waals surface area (Å²) in [5.41, 5.74) is 3.01. The molecule has 154 valence electrons. The normalized spacial score (nSPS) is 14.5. The maximum Gasteiger partial charge on any atom is 0.342 e. The number of H-pyrrole nitrogens is 1. The second-order valence-electron chi connectivity index (χ2n) is 7.24. The average Bonchev–Trinajstić information content (AvgIpc) is 3.29. The Morgan fingerprint density at radius 2 is 1.60 bits per heavy atom. The monoisotopic (exact) mass is 404 g/mol. The van der Waals surface area contributed by atoms with Crippen molar-refractivity contribution in [3.05, 3.63) is 78.0 Å².